The molecule has 4 rings (SSSR count). The Kier molecular flexibility index (Phi) is 6.34. The molecule has 30 heavy (non-hydrogen) atoms. The van der Waals surface area contributed by atoms with Gasteiger partial charge in [-0.2, -0.15) is 5.10 Å². The number of nitrogens with zero attached hydrogens (tertiary/aromatic N) is 2. The van der Waals surface area contributed by atoms with Crippen molar-refractivity contribution in [1.29, 1.82) is 0 Å². The number of rotatable bonds is 4. The van der Waals surface area contributed by atoms with Crippen LogP contribution >= 0.6 is 34.8 Å². The molecule has 0 atom stereocenters. The Hall–Kier alpha value is -2.05. The minimum Gasteiger partial charge on any atom is -0.320 e. The number of anilines is 1. The van der Waals surface area contributed by atoms with Gasteiger partial charge < -0.3 is 10.6 Å². The first kappa shape index (κ1) is 21.2. The number of nitrogens with one attached hydrogen (secondary N) is 2. The van der Waals surface area contributed by atoms with Crippen LogP contribution in [0.5, 0.6) is 0 Å². The smallest absolute Gasteiger partial charge is 0.259 e. The lowest BCUT2D eigenvalue weighted by Gasteiger charge is -2.25. The van der Waals surface area contributed by atoms with E-state index in [1.165, 1.54) is 0 Å². The summed E-state index contributed by atoms with van der Waals surface area (Å²) >= 11 is 18.7. The molecule has 2 aromatic carbocycles. The molecular formula is C22H21Cl3N4O. The molecule has 3 aromatic rings. The number of carbonyl (C=O) groups excluding carboxylic acids is 1. The van der Waals surface area contributed by atoms with Gasteiger partial charge in [0.1, 0.15) is 0 Å². The van der Waals surface area contributed by atoms with E-state index >= 15 is 0 Å². The third-order valence-electron chi connectivity index (χ3n) is 5.38. The Morgan fingerprint density at radius 1 is 1.13 bits per heavy atom. The molecule has 2 heterocycles. The van der Waals surface area contributed by atoms with Gasteiger partial charge in [0, 0.05) is 10.9 Å². The number of piperidine rings is 1. The Morgan fingerprint density at radius 3 is 2.63 bits per heavy atom. The molecule has 1 saturated heterocycles. The van der Waals surface area contributed by atoms with Gasteiger partial charge >= 0.3 is 0 Å². The van der Waals surface area contributed by atoms with E-state index in [1.807, 2.05) is 29.8 Å². The molecule has 0 bridgehead atoms. The predicted molar refractivity (Wildman–Crippen MR) is 123 cm³/mol. The zero-order valence-electron chi connectivity index (χ0n) is 16.4. The van der Waals surface area contributed by atoms with Crippen molar-refractivity contribution in [3.63, 3.8) is 0 Å². The summed E-state index contributed by atoms with van der Waals surface area (Å²) in [6.07, 6.45) is 3.45. The second kappa shape index (κ2) is 8.98. The summed E-state index contributed by atoms with van der Waals surface area (Å²) in [5.74, 6) is -0.0680. The fourth-order valence-corrected chi connectivity index (χ4v) is 4.25. The maximum absolute atomic E-state index is 13.2. The lowest BCUT2D eigenvalue weighted by molar-refractivity contribution is 0.102. The largest absolute Gasteiger partial charge is 0.320 e. The molecule has 156 valence electrons. The van der Waals surface area contributed by atoms with Gasteiger partial charge in [-0.05, 0) is 62.7 Å². The second-order valence-electron chi connectivity index (χ2n) is 7.37. The normalized spacial score (nSPS) is 14.7. The molecule has 0 aliphatic carbocycles. The number of halogens is 3. The summed E-state index contributed by atoms with van der Waals surface area (Å²) < 4.78 is 1.83. The first-order valence-corrected chi connectivity index (χ1v) is 10.9. The highest BCUT2D eigenvalue weighted by Gasteiger charge is 2.27. The summed E-state index contributed by atoms with van der Waals surface area (Å²) in [5, 5.41) is 12.2. The number of benzene rings is 2. The van der Waals surface area contributed by atoms with Gasteiger partial charge in [-0.3, -0.25) is 4.79 Å². The summed E-state index contributed by atoms with van der Waals surface area (Å²) in [4.78, 5) is 13.2. The van der Waals surface area contributed by atoms with Crippen LogP contribution in [-0.4, -0.2) is 28.8 Å². The van der Waals surface area contributed by atoms with Crippen molar-refractivity contribution in [3.05, 3.63) is 74.5 Å². The fraction of sp³-hybridized carbons (Fsp3) is 0.273. The average molecular weight is 464 g/mol. The third-order valence-corrected chi connectivity index (χ3v) is 6.60. The Bertz CT molecular complexity index is 1090. The van der Waals surface area contributed by atoms with Gasteiger partial charge in [-0.15, -0.1) is 0 Å². The van der Waals surface area contributed by atoms with Crippen molar-refractivity contribution in [2.24, 2.45) is 0 Å². The Balaban J connectivity index is 1.75. The van der Waals surface area contributed by atoms with E-state index in [0.29, 0.717) is 26.3 Å². The highest BCUT2D eigenvalue weighted by Crippen LogP contribution is 2.33. The SMILES string of the molecule is Cc1ccc(-n2ncc(C(=O)Nc3cccc(Cl)c3Cl)c2C2CCNCC2)cc1Cl. The molecule has 1 amide bonds. The summed E-state index contributed by atoms with van der Waals surface area (Å²) in [7, 11) is 0. The van der Waals surface area contributed by atoms with Crippen molar-refractivity contribution in [2.75, 3.05) is 18.4 Å². The van der Waals surface area contributed by atoms with Gasteiger partial charge in [-0.1, -0.05) is 46.9 Å². The summed E-state index contributed by atoms with van der Waals surface area (Å²) in [5.41, 5.74) is 3.70. The van der Waals surface area contributed by atoms with Gasteiger partial charge in [0.05, 0.1) is 38.9 Å². The van der Waals surface area contributed by atoms with Crippen LogP contribution in [-0.2, 0) is 0 Å². The molecule has 2 N–H and O–H groups in total. The molecule has 8 heteroatoms. The van der Waals surface area contributed by atoms with Crippen molar-refractivity contribution in [3.8, 4) is 5.69 Å². The number of aryl methyl sites for hydroxylation is 1. The van der Waals surface area contributed by atoms with Gasteiger partial charge in [0.15, 0.2) is 0 Å². The van der Waals surface area contributed by atoms with Crippen molar-refractivity contribution >= 4 is 46.4 Å². The van der Waals surface area contributed by atoms with Crippen LogP contribution in [0, 0.1) is 6.92 Å². The summed E-state index contributed by atoms with van der Waals surface area (Å²) in [6, 6.07) is 10.9. The van der Waals surface area contributed by atoms with E-state index in [2.05, 4.69) is 15.7 Å². The average Bonchev–Trinajstić information content (AvgIpc) is 3.19. The zero-order valence-corrected chi connectivity index (χ0v) is 18.7. The second-order valence-corrected chi connectivity index (χ2v) is 8.56. The minimum atomic E-state index is -0.267. The number of carbonyl (C=O) groups is 1. The molecule has 0 spiro atoms. The molecule has 1 aliphatic heterocycles. The molecule has 1 aromatic heterocycles. The molecule has 5 nitrogen and oxygen atoms in total. The fourth-order valence-electron chi connectivity index (χ4n) is 3.73. The molecule has 0 saturated carbocycles. The van der Waals surface area contributed by atoms with Gasteiger partial charge in [0.25, 0.3) is 5.91 Å². The van der Waals surface area contributed by atoms with Crippen LogP contribution in [0.2, 0.25) is 15.1 Å². The monoisotopic (exact) mass is 462 g/mol. The van der Waals surface area contributed by atoms with Crippen LogP contribution in [0.4, 0.5) is 5.69 Å². The third kappa shape index (κ3) is 4.21. The first-order valence-electron chi connectivity index (χ1n) is 9.76. The molecule has 1 fully saturated rings. The maximum Gasteiger partial charge on any atom is 0.259 e. The molecule has 0 radical (unpaired) electrons. The van der Waals surface area contributed by atoms with Crippen molar-refractivity contribution in [1.82, 2.24) is 15.1 Å². The lowest BCUT2D eigenvalue weighted by Crippen LogP contribution is -2.29. The van der Waals surface area contributed by atoms with Crippen molar-refractivity contribution in [2.45, 2.75) is 25.7 Å². The predicted octanol–water partition coefficient (Wildman–Crippen LogP) is 5.86. The highest BCUT2D eigenvalue weighted by molar-refractivity contribution is 6.44. The minimum absolute atomic E-state index is 0.199. The van der Waals surface area contributed by atoms with Crippen LogP contribution in [0.1, 0.15) is 40.4 Å². The maximum atomic E-state index is 13.2. The number of aromatic nitrogens is 2. The summed E-state index contributed by atoms with van der Waals surface area (Å²) in [6.45, 7) is 3.74. The highest BCUT2D eigenvalue weighted by atomic mass is 35.5. The quantitative estimate of drug-likeness (QED) is 0.509. The topological polar surface area (TPSA) is 59.0 Å². The van der Waals surface area contributed by atoms with E-state index in [4.69, 9.17) is 34.8 Å². The Labute approximate surface area is 190 Å². The van der Waals surface area contributed by atoms with E-state index in [-0.39, 0.29) is 11.8 Å². The molecule has 1 aliphatic rings. The van der Waals surface area contributed by atoms with E-state index in [9.17, 15) is 4.79 Å². The standard InChI is InChI=1S/C22H21Cl3N4O/c1-13-5-6-15(11-18(13)24)29-21(14-7-9-26-10-8-14)16(12-27-29)22(30)28-19-4-2-3-17(23)20(19)25/h2-6,11-12,14,26H,7-10H2,1H3,(H,28,30). The molecule has 0 unspecified atom stereocenters. The van der Waals surface area contributed by atoms with E-state index < -0.39 is 0 Å². The lowest BCUT2D eigenvalue weighted by atomic mass is 9.91. The van der Waals surface area contributed by atoms with Gasteiger partial charge in [0.2, 0.25) is 0 Å². The van der Waals surface area contributed by atoms with Crippen molar-refractivity contribution < 1.29 is 4.79 Å². The number of hydrogen-bond donors (Lipinski definition) is 2. The zero-order chi connectivity index (χ0) is 21.3. The first-order chi connectivity index (χ1) is 14.5. The van der Waals surface area contributed by atoms with E-state index in [0.717, 1.165) is 42.9 Å². The number of amides is 1. The molecular weight excluding hydrogens is 443 g/mol. The number of hydrogen-bond acceptors (Lipinski definition) is 3. The van der Waals surface area contributed by atoms with Crippen LogP contribution < -0.4 is 10.6 Å². The van der Waals surface area contributed by atoms with Crippen LogP contribution in [0.25, 0.3) is 5.69 Å². The van der Waals surface area contributed by atoms with Crippen LogP contribution in [0.15, 0.2) is 42.6 Å². The Morgan fingerprint density at radius 2 is 1.90 bits per heavy atom. The van der Waals surface area contributed by atoms with E-state index in [1.54, 1.807) is 24.4 Å². The van der Waals surface area contributed by atoms with Crippen LogP contribution in [0.3, 0.4) is 0 Å². The van der Waals surface area contributed by atoms with Gasteiger partial charge in [-0.25, -0.2) is 4.68 Å².